The molecule has 3 aromatic rings. The van der Waals surface area contributed by atoms with Crippen LogP contribution in [0.4, 0.5) is 0 Å². The van der Waals surface area contributed by atoms with E-state index in [0.29, 0.717) is 22.8 Å². The summed E-state index contributed by atoms with van der Waals surface area (Å²) in [5.74, 6) is -0.382. The topological polar surface area (TPSA) is 131 Å². The lowest BCUT2D eigenvalue weighted by molar-refractivity contribution is -0.131. The van der Waals surface area contributed by atoms with Crippen molar-refractivity contribution < 1.29 is 19.1 Å². The van der Waals surface area contributed by atoms with E-state index < -0.39 is 11.8 Å². The van der Waals surface area contributed by atoms with Gasteiger partial charge in [-0.2, -0.15) is 5.26 Å². The lowest BCUT2D eigenvalue weighted by Crippen LogP contribution is -2.45. The van der Waals surface area contributed by atoms with Crippen LogP contribution in [0.2, 0.25) is 0 Å². The zero-order valence-electron chi connectivity index (χ0n) is 16.7. The molecule has 10 heteroatoms. The fourth-order valence-electron chi connectivity index (χ4n) is 2.77. The zero-order valence-corrected chi connectivity index (χ0v) is 16.7. The number of hydrogen-bond donors (Lipinski definition) is 2. The van der Waals surface area contributed by atoms with E-state index in [1.54, 1.807) is 36.0 Å². The number of aromatic nitrogens is 3. The number of carbonyl (C=O) groups is 2. The highest BCUT2D eigenvalue weighted by Crippen LogP contribution is 2.26. The molecule has 2 N–H and O–H groups in total. The first-order valence-electron chi connectivity index (χ1n) is 9.01. The van der Waals surface area contributed by atoms with Crippen molar-refractivity contribution in [2.75, 3.05) is 13.2 Å². The summed E-state index contributed by atoms with van der Waals surface area (Å²) in [6.07, 6.45) is 0. The Kier molecular flexibility index (Phi) is 6.12. The third-order valence-corrected chi connectivity index (χ3v) is 4.12. The monoisotopic (exact) mass is 408 g/mol. The molecule has 0 atom stereocenters. The van der Waals surface area contributed by atoms with E-state index in [0.717, 1.165) is 16.6 Å². The van der Waals surface area contributed by atoms with Crippen molar-refractivity contribution in [3.05, 3.63) is 47.2 Å². The third-order valence-electron chi connectivity index (χ3n) is 4.12. The molecule has 0 aliphatic rings. The fourth-order valence-corrected chi connectivity index (χ4v) is 2.77. The maximum atomic E-state index is 12.0. The molecule has 0 bridgehead atoms. The quantitative estimate of drug-likeness (QED) is 0.583. The number of hydrogen-bond acceptors (Lipinski definition) is 7. The summed E-state index contributed by atoms with van der Waals surface area (Å²) in [4.78, 5) is 28.2. The number of amides is 2. The van der Waals surface area contributed by atoms with Gasteiger partial charge in [-0.05, 0) is 49.7 Å². The smallest absolute Gasteiger partial charge is 0.276 e. The van der Waals surface area contributed by atoms with Gasteiger partial charge in [0.25, 0.3) is 11.8 Å². The molecule has 0 spiro atoms. The van der Waals surface area contributed by atoms with Gasteiger partial charge in [-0.1, -0.05) is 0 Å². The van der Waals surface area contributed by atoms with Crippen molar-refractivity contribution in [3.8, 4) is 17.7 Å². The fraction of sp³-hybridized carbons (Fsp3) is 0.250. The number of benzene rings is 1. The number of nitrogens with zero attached hydrogens (tertiary/aromatic N) is 4. The molecule has 10 nitrogen and oxygen atoms in total. The van der Waals surface area contributed by atoms with E-state index in [-0.39, 0.29) is 13.2 Å². The van der Waals surface area contributed by atoms with Crippen LogP contribution in [0, 0.1) is 25.2 Å². The highest BCUT2D eigenvalue weighted by Gasteiger charge is 2.16. The van der Waals surface area contributed by atoms with Crippen LogP contribution in [0.3, 0.4) is 0 Å². The largest absolute Gasteiger partial charge is 0.484 e. The molecule has 0 radical (unpaired) electrons. The number of hydrazine groups is 1. The van der Waals surface area contributed by atoms with Crippen molar-refractivity contribution in [2.24, 2.45) is 7.05 Å². The number of ether oxygens (including phenoxy) is 2. The molecule has 2 aromatic heterocycles. The Labute approximate surface area is 172 Å². The number of carbonyl (C=O) groups excluding carboxylic acids is 2. The van der Waals surface area contributed by atoms with Gasteiger partial charge in [0.2, 0.25) is 5.88 Å². The first-order valence-corrected chi connectivity index (χ1v) is 9.01. The van der Waals surface area contributed by atoms with Crippen molar-refractivity contribution in [1.82, 2.24) is 25.6 Å². The van der Waals surface area contributed by atoms with Gasteiger partial charge in [-0.25, -0.2) is 9.67 Å². The molecule has 2 amide bonds. The van der Waals surface area contributed by atoms with Crippen LogP contribution in [0.5, 0.6) is 11.6 Å². The Morgan fingerprint density at radius 2 is 1.73 bits per heavy atom. The van der Waals surface area contributed by atoms with Gasteiger partial charge in [0.15, 0.2) is 18.9 Å². The molecule has 0 aliphatic heterocycles. The van der Waals surface area contributed by atoms with Gasteiger partial charge in [0, 0.05) is 12.7 Å². The second kappa shape index (κ2) is 8.91. The van der Waals surface area contributed by atoms with Gasteiger partial charge in [0.1, 0.15) is 5.75 Å². The molecule has 0 fully saturated rings. The van der Waals surface area contributed by atoms with Crippen LogP contribution in [0.1, 0.15) is 16.8 Å². The van der Waals surface area contributed by atoms with Gasteiger partial charge >= 0.3 is 0 Å². The highest BCUT2D eigenvalue weighted by atomic mass is 16.5. The molecular formula is C20H20N6O4. The van der Waals surface area contributed by atoms with Crippen LogP contribution in [-0.4, -0.2) is 39.8 Å². The predicted octanol–water partition coefficient (Wildman–Crippen LogP) is 1.06. The minimum atomic E-state index is -0.557. The SMILES string of the molecule is Cc1cc(C)c2c(OCC(=O)NNC(=O)COc3ccc(C#N)cc3)nn(C)c2n1. The van der Waals surface area contributed by atoms with Gasteiger partial charge in [-0.15, -0.1) is 5.10 Å². The molecule has 0 aliphatic carbocycles. The number of rotatable bonds is 6. The van der Waals surface area contributed by atoms with E-state index in [1.165, 1.54) is 0 Å². The zero-order chi connectivity index (χ0) is 21.7. The standard InChI is InChI=1S/C20H20N6O4/c1-12-8-13(2)22-19-18(12)20(25-26(19)3)30-11-17(28)24-23-16(27)10-29-15-6-4-14(9-21)5-7-15/h4-8H,10-11H2,1-3H3,(H,23,27)(H,24,28). The summed E-state index contributed by atoms with van der Waals surface area (Å²) in [5, 5.41) is 13.7. The van der Waals surface area contributed by atoms with Crippen molar-refractivity contribution in [2.45, 2.75) is 13.8 Å². The van der Waals surface area contributed by atoms with Crippen LogP contribution in [0.25, 0.3) is 11.0 Å². The van der Waals surface area contributed by atoms with Crippen LogP contribution in [0.15, 0.2) is 30.3 Å². The predicted molar refractivity (Wildman–Crippen MR) is 106 cm³/mol. The summed E-state index contributed by atoms with van der Waals surface area (Å²) >= 11 is 0. The Morgan fingerprint density at radius 1 is 1.10 bits per heavy atom. The molecule has 30 heavy (non-hydrogen) atoms. The molecule has 1 aromatic carbocycles. The van der Waals surface area contributed by atoms with E-state index in [9.17, 15) is 9.59 Å². The van der Waals surface area contributed by atoms with E-state index in [1.807, 2.05) is 26.0 Å². The Hall–Kier alpha value is -4.13. The molecule has 0 saturated carbocycles. The van der Waals surface area contributed by atoms with Gasteiger partial charge in [-0.3, -0.25) is 20.4 Å². The van der Waals surface area contributed by atoms with Crippen molar-refractivity contribution in [1.29, 1.82) is 5.26 Å². The minimum Gasteiger partial charge on any atom is -0.484 e. The molecule has 0 saturated heterocycles. The maximum absolute atomic E-state index is 12.0. The summed E-state index contributed by atoms with van der Waals surface area (Å²) in [6.45, 7) is 3.17. The third kappa shape index (κ3) is 4.82. The molecule has 154 valence electrons. The number of nitriles is 1. The molecular weight excluding hydrogens is 388 g/mol. The van der Waals surface area contributed by atoms with E-state index in [4.69, 9.17) is 14.7 Å². The Morgan fingerprint density at radius 3 is 2.37 bits per heavy atom. The van der Waals surface area contributed by atoms with Gasteiger partial charge in [0.05, 0.1) is 17.0 Å². The second-order valence-electron chi connectivity index (χ2n) is 6.52. The molecule has 3 rings (SSSR count). The summed E-state index contributed by atoms with van der Waals surface area (Å²) < 4.78 is 12.4. The van der Waals surface area contributed by atoms with Crippen LogP contribution < -0.4 is 20.3 Å². The van der Waals surface area contributed by atoms with Crippen molar-refractivity contribution >= 4 is 22.8 Å². The first kappa shape index (κ1) is 20.6. The normalized spacial score (nSPS) is 10.3. The maximum Gasteiger partial charge on any atom is 0.276 e. The highest BCUT2D eigenvalue weighted by molar-refractivity contribution is 5.86. The summed E-state index contributed by atoms with van der Waals surface area (Å²) in [7, 11) is 1.75. The van der Waals surface area contributed by atoms with E-state index in [2.05, 4.69) is 20.9 Å². The lowest BCUT2D eigenvalue weighted by Gasteiger charge is -2.09. The van der Waals surface area contributed by atoms with Crippen LogP contribution in [-0.2, 0) is 16.6 Å². The number of pyridine rings is 1. The lowest BCUT2D eigenvalue weighted by atomic mass is 10.2. The average molecular weight is 408 g/mol. The molecule has 2 heterocycles. The second-order valence-corrected chi connectivity index (χ2v) is 6.52. The summed E-state index contributed by atoms with van der Waals surface area (Å²) in [6, 6.07) is 10.2. The minimum absolute atomic E-state index is 0.295. The van der Waals surface area contributed by atoms with Crippen molar-refractivity contribution in [3.63, 3.8) is 0 Å². The number of nitrogens with one attached hydrogen (secondary N) is 2. The Bertz CT molecular complexity index is 1130. The average Bonchev–Trinajstić information content (AvgIpc) is 3.05. The summed E-state index contributed by atoms with van der Waals surface area (Å²) in [5.41, 5.74) is 7.44. The van der Waals surface area contributed by atoms with E-state index >= 15 is 0 Å². The molecule has 0 unspecified atom stereocenters. The first-order chi connectivity index (χ1) is 14.4. The van der Waals surface area contributed by atoms with Gasteiger partial charge < -0.3 is 9.47 Å². The Balaban J connectivity index is 1.47. The number of fused-ring (bicyclic) bond motifs is 1. The van der Waals surface area contributed by atoms with Crippen LogP contribution >= 0.6 is 0 Å². The number of aryl methyl sites for hydroxylation is 3.